The van der Waals surface area contributed by atoms with Gasteiger partial charge in [-0.2, -0.15) is 0 Å². The summed E-state index contributed by atoms with van der Waals surface area (Å²) in [6.45, 7) is 2.27. The molecule has 0 saturated carbocycles. The number of alkyl halides is 1. The van der Waals surface area contributed by atoms with E-state index < -0.39 is 5.82 Å². The van der Waals surface area contributed by atoms with Crippen molar-refractivity contribution in [3.63, 3.8) is 0 Å². The Morgan fingerprint density at radius 3 is 2.71 bits per heavy atom. The zero-order valence-corrected chi connectivity index (χ0v) is 12.9. The van der Waals surface area contributed by atoms with E-state index in [9.17, 15) is 4.39 Å². The molecule has 0 aliphatic carbocycles. The van der Waals surface area contributed by atoms with Gasteiger partial charge < -0.3 is 4.74 Å². The van der Waals surface area contributed by atoms with Crippen molar-refractivity contribution in [3.8, 4) is 17.6 Å². The maximum absolute atomic E-state index is 13.1. The Hall–Kier alpha value is -1.69. The van der Waals surface area contributed by atoms with E-state index in [1.54, 1.807) is 12.1 Å². The average Bonchev–Trinajstić information content (AvgIpc) is 2.47. The summed E-state index contributed by atoms with van der Waals surface area (Å²) >= 11 is 11.3. The van der Waals surface area contributed by atoms with Crippen LogP contribution in [0.5, 0.6) is 5.75 Å². The zero-order valence-electron chi connectivity index (χ0n) is 11.4. The van der Waals surface area contributed by atoms with Crippen LogP contribution in [-0.2, 0) is 6.61 Å². The molecule has 0 atom stereocenters. The van der Waals surface area contributed by atoms with Crippen LogP contribution in [0.25, 0.3) is 0 Å². The first kappa shape index (κ1) is 15.7. The Morgan fingerprint density at radius 1 is 1.19 bits per heavy atom. The molecule has 0 radical (unpaired) electrons. The number of benzene rings is 2. The maximum atomic E-state index is 13.1. The molecule has 2 aromatic rings. The maximum Gasteiger partial charge on any atom is 0.141 e. The van der Waals surface area contributed by atoms with Crippen LogP contribution < -0.4 is 4.74 Å². The van der Waals surface area contributed by atoms with Crippen molar-refractivity contribution in [2.24, 2.45) is 0 Å². The SMILES string of the molecule is Cc1ccc(OCc2ccc(F)c(Cl)c2)c(C#CCCl)c1. The number of hydrogen-bond donors (Lipinski definition) is 0. The van der Waals surface area contributed by atoms with Crippen molar-refractivity contribution in [3.05, 3.63) is 63.9 Å². The summed E-state index contributed by atoms with van der Waals surface area (Å²) in [5.41, 5.74) is 2.66. The van der Waals surface area contributed by atoms with Crippen molar-refractivity contribution >= 4 is 23.2 Å². The number of aryl methyl sites for hydroxylation is 1. The molecule has 4 heteroatoms. The van der Waals surface area contributed by atoms with Crippen molar-refractivity contribution < 1.29 is 9.13 Å². The summed E-state index contributed by atoms with van der Waals surface area (Å²) in [7, 11) is 0. The number of halogens is 3. The highest BCUT2D eigenvalue weighted by molar-refractivity contribution is 6.30. The summed E-state index contributed by atoms with van der Waals surface area (Å²) in [4.78, 5) is 0. The summed E-state index contributed by atoms with van der Waals surface area (Å²) in [6.07, 6.45) is 0. The van der Waals surface area contributed by atoms with E-state index in [1.807, 2.05) is 25.1 Å². The Labute approximate surface area is 133 Å². The van der Waals surface area contributed by atoms with Crippen LogP contribution >= 0.6 is 23.2 Å². The topological polar surface area (TPSA) is 9.23 Å². The third kappa shape index (κ3) is 4.39. The predicted octanol–water partition coefficient (Wildman–Crippen LogP) is 4.96. The first-order valence-electron chi connectivity index (χ1n) is 6.32. The smallest absolute Gasteiger partial charge is 0.141 e. The molecule has 0 saturated heterocycles. The lowest BCUT2D eigenvalue weighted by Gasteiger charge is -2.09. The van der Waals surface area contributed by atoms with Crippen molar-refractivity contribution in [2.45, 2.75) is 13.5 Å². The van der Waals surface area contributed by atoms with Gasteiger partial charge in [-0.05, 0) is 42.3 Å². The molecule has 0 heterocycles. The molecule has 2 aromatic carbocycles. The molecule has 0 bridgehead atoms. The Morgan fingerprint density at radius 2 is 2.00 bits per heavy atom. The van der Waals surface area contributed by atoms with E-state index in [4.69, 9.17) is 27.9 Å². The molecule has 0 N–H and O–H groups in total. The van der Waals surface area contributed by atoms with Crippen LogP contribution in [-0.4, -0.2) is 5.88 Å². The molecular weight excluding hydrogens is 310 g/mol. The highest BCUT2D eigenvalue weighted by atomic mass is 35.5. The van der Waals surface area contributed by atoms with Gasteiger partial charge in [-0.25, -0.2) is 4.39 Å². The van der Waals surface area contributed by atoms with Crippen molar-refractivity contribution in [1.82, 2.24) is 0 Å². The molecule has 0 unspecified atom stereocenters. The van der Waals surface area contributed by atoms with Crippen LogP contribution in [0.2, 0.25) is 5.02 Å². The largest absolute Gasteiger partial charge is 0.488 e. The van der Waals surface area contributed by atoms with Gasteiger partial charge in [0.15, 0.2) is 0 Å². The Kier molecular flexibility index (Phi) is 5.50. The van der Waals surface area contributed by atoms with Crippen LogP contribution in [0.1, 0.15) is 16.7 Å². The van der Waals surface area contributed by atoms with E-state index in [1.165, 1.54) is 6.07 Å². The van der Waals surface area contributed by atoms with E-state index in [2.05, 4.69) is 11.8 Å². The lowest BCUT2D eigenvalue weighted by atomic mass is 10.1. The number of ether oxygens (including phenoxy) is 1. The quantitative estimate of drug-likeness (QED) is 0.573. The molecule has 0 aliphatic heterocycles. The third-order valence-electron chi connectivity index (χ3n) is 2.80. The molecule has 0 spiro atoms. The minimum Gasteiger partial charge on any atom is -0.488 e. The van der Waals surface area contributed by atoms with Crippen LogP contribution in [0.4, 0.5) is 4.39 Å². The molecule has 1 nitrogen and oxygen atoms in total. The van der Waals surface area contributed by atoms with Gasteiger partial charge in [0.05, 0.1) is 16.5 Å². The lowest BCUT2D eigenvalue weighted by molar-refractivity contribution is 0.305. The minimum atomic E-state index is -0.440. The second-order valence-electron chi connectivity index (χ2n) is 4.47. The predicted molar refractivity (Wildman–Crippen MR) is 84.5 cm³/mol. The lowest BCUT2D eigenvalue weighted by Crippen LogP contribution is -1.98. The van der Waals surface area contributed by atoms with Gasteiger partial charge in [-0.1, -0.05) is 35.6 Å². The zero-order chi connectivity index (χ0) is 15.2. The first-order valence-corrected chi connectivity index (χ1v) is 7.23. The fourth-order valence-corrected chi connectivity index (χ4v) is 2.06. The van der Waals surface area contributed by atoms with Crippen molar-refractivity contribution in [2.75, 3.05) is 5.88 Å². The van der Waals surface area contributed by atoms with Crippen LogP contribution in [0.15, 0.2) is 36.4 Å². The Balaban J connectivity index is 2.17. The molecule has 21 heavy (non-hydrogen) atoms. The summed E-state index contributed by atoms with van der Waals surface area (Å²) < 4.78 is 18.8. The summed E-state index contributed by atoms with van der Waals surface area (Å²) in [5, 5.41) is 0.0853. The highest BCUT2D eigenvalue weighted by Gasteiger charge is 2.05. The second-order valence-corrected chi connectivity index (χ2v) is 5.15. The van der Waals surface area contributed by atoms with Gasteiger partial charge in [-0.15, -0.1) is 11.6 Å². The standard InChI is InChI=1S/C17H13Cl2FO/c1-12-4-7-17(14(9-12)3-2-8-18)21-11-13-5-6-16(20)15(19)10-13/h4-7,9-10H,8,11H2,1H3. The third-order valence-corrected chi connectivity index (χ3v) is 3.23. The van der Waals surface area contributed by atoms with Gasteiger partial charge in [0.1, 0.15) is 18.2 Å². The van der Waals surface area contributed by atoms with E-state index >= 15 is 0 Å². The monoisotopic (exact) mass is 322 g/mol. The molecule has 2 rings (SSSR count). The fraction of sp³-hybridized carbons (Fsp3) is 0.176. The van der Waals surface area contributed by atoms with Gasteiger partial charge in [0, 0.05) is 0 Å². The first-order chi connectivity index (χ1) is 10.1. The van der Waals surface area contributed by atoms with E-state index in [0.717, 1.165) is 16.7 Å². The van der Waals surface area contributed by atoms with Gasteiger partial charge in [0.25, 0.3) is 0 Å². The molecule has 0 aromatic heterocycles. The molecular formula is C17H13Cl2FO. The normalized spacial score (nSPS) is 9.90. The molecule has 0 amide bonds. The molecule has 0 fully saturated rings. The van der Waals surface area contributed by atoms with Gasteiger partial charge >= 0.3 is 0 Å². The fourth-order valence-electron chi connectivity index (χ4n) is 1.79. The number of rotatable bonds is 3. The number of hydrogen-bond acceptors (Lipinski definition) is 1. The Bertz CT molecular complexity index is 702. The second kappa shape index (κ2) is 7.36. The highest BCUT2D eigenvalue weighted by Crippen LogP contribution is 2.22. The summed E-state index contributed by atoms with van der Waals surface area (Å²) in [5.74, 6) is 6.27. The average molecular weight is 323 g/mol. The van der Waals surface area contributed by atoms with Gasteiger partial charge in [-0.3, -0.25) is 0 Å². The van der Waals surface area contributed by atoms with Crippen LogP contribution in [0, 0.1) is 24.6 Å². The summed E-state index contributed by atoms with van der Waals surface area (Å²) in [6, 6.07) is 10.3. The van der Waals surface area contributed by atoms with E-state index in [0.29, 0.717) is 12.4 Å². The minimum absolute atomic E-state index is 0.0853. The van der Waals surface area contributed by atoms with Gasteiger partial charge in [0.2, 0.25) is 0 Å². The van der Waals surface area contributed by atoms with Crippen LogP contribution in [0.3, 0.4) is 0 Å². The molecule has 0 aliphatic rings. The van der Waals surface area contributed by atoms with Crippen molar-refractivity contribution in [1.29, 1.82) is 0 Å². The van der Waals surface area contributed by atoms with E-state index in [-0.39, 0.29) is 10.9 Å². The molecule has 108 valence electrons.